The molecule has 0 aromatic heterocycles. The highest BCUT2D eigenvalue weighted by molar-refractivity contribution is 5.85. The van der Waals surface area contributed by atoms with Gasteiger partial charge in [0.1, 0.15) is 11.5 Å². The quantitative estimate of drug-likeness (QED) is 0.761. The van der Waals surface area contributed by atoms with Gasteiger partial charge >= 0.3 is 12.2 Å². The van der Waals surface area contributed by atoms with Crippen LogP contribution in [0.5, 0.6) is 11.5 Å². The number of hydrogen-bond acceptors (Lipinski definition) is 5. The Morgan fingerprint density at radius 1 is 0.815 bits per heavy atom. The minimum atomic E-state index is -0.665. The Morgan fingerprint density at radius 3 is 1.67 bits per heavy atom. The van der Waals surface area contributed by atoms with Crippen LogP contribution in [-0.4, -0.2) is 25.4 Å². The number of anilines is 2. The largest absolute Gasteiger partial charge is 0.457 e. The van der Waals surface area contributed by atoms with Gasteiger partial charge in [0.05, 0.1) is 0 Å². The van der Waals surface area contributed by atoms with Crippen molar-refractivity contribution in [1.29, 1.82) is 0 Å². The van der Waals surface area contributed by atoms with Crippen LogP contribution in [0.3, 0.4) is 0 Å². The second-order valence-electron chi connectivity index (χ2n) is 4.97. The van der Waals surface area contributed by atoms with Gasteiger partial charge in [0.15, 0.2) is 13.2 Å². The zero-order valence-electron chi connectivity index (χ0n) is 14.2. The molecule has 0 radical (unpaired) electrons. The molecular formula is C20H16N2O5. The van der Waals surface area contributed by atoms with Crippen molar-refractivity contribution in [3.8, 4) is 36.2 Å². The van der Waals surface area contributed by atoms with Crippen molar-refractivity contribution >= 4 is 23.6 Å². The molecule has 0 atom stereocenters. The van der Waals surface area contributed by atoms with E-state index in [9.17, 15) is 9.59 Å². The summed E-state index contributed by atoms with van der Waals surface area (Å²) in [5.41, 5.74) is 0.948. The minimum Gasteiger partial charge on any atom is -0.457 e. The smallest absolute Gasteiger partial charge is 0.412 e. The Bertz CT molecular complexity index is 822. The van der Waals surface area contributed by atoms with Gasteiger partial charge in [0.25, 0.3) is 0 Å². The first-order chi connectivity index (χ1) is 13.1. The molecule has 0 aliphatic carbocycles. The third-order valence-electron chi connectivity index (χ3n) is 2.97. The summed E-state index contributed by atoms with van der Waals surface area (Å²) in [4.78, 5) is 23.1. The average Bonchev–Trinajstić information content (AvgIpc) is 2.65. The van der Waals surface area contributed by atoms with Crippen LogP contribution in [-0.2, 0) is 9.47 Å². The maximum absolute atomic E-state index is 11.5. The minimum absolute atomic E-state index is 0.119. The van der Waals surface area contributed by atoms with Crippen LogP contribution in [0, 0.1) is 24.7 Å². The monoisotopic (exact) mass is 364 g/mol. The number of carbonyl (C=O) groups is 2. The van der Waals surface area contributed by atoms with E-state index < -0.39 is 12.2 Å². The van der Waals surface area contributed by atoms with Crippen molar-refractivity contribution in [3.63, 3.8) is 0 Å². The Balaban J connectivity index is 2.01. The molecule has 136 valence electrons. The predicted molar refractivity (Wildman–Crippen MR) is 101 cm³/mol. The molecule has 2 amide bonds. The highest BCUT2D eigenvalue weighted by atomic mass is 16.6. The van der Waals surface area contributed by atoms with E-state index in [1.807, 2.05) is 0 Å². The summed E-state index contributed by atoms with van der Waals surface area (Å²) in [6.45, 7) is -0.239. The Labute approximate surface area is 156 Å². The van der Waals surface area contributed by atoms with Crippen molar-refractivity contribution < 1.29 is 23.8 Å². The van der Waals surface area contributed by atoms with Crippen LogP contribution < -0.4 is 15.4 Å². The van der Waals surface area contributed by atoms with Gasteiger partial charge in [-0.05, 0) is 24.3 Å². The van der Waals surface area contributed by atoms with Crippen LogP contribution in [0.15, 0.2) is 48.5 Å². The number of amides is 2. The average molecular weight is 364 g/mol. The van der Waals surface area contributed by atoms with E-state index in [2.05, 4.69) is 22.5 Å². The van der Waals surface area contributed by atoms with Crippen LogP contribution in [0.25, 0.3) is 0 Å². The third kappa shape index (κ3) is 6.73. The molecule has 0 saturated carbocycles. The van der Waals surface area contributed by atoms with Crippen LogP contribution in [0.4, 0.5) is 21.0 Å². The molecule has 0 aliphatic rings. The molecule has 2 N–H and O–H groups in total. The highest BCUT2D eigenvalue weighted by Gasteiger charge is 2.06. The van der Waals surface area contributed by atoms with E-state index in [1.165, 1.54) is 0 Å². The lowest BCUT2D eigenvalue weighted by Crippen LogP contribution is -2.13. The summed E-state index contributed by atoms with van der Waals surface area (Å²) in [6, 6.07) is 13.4. The molecule has 0 spiro atoms. The molecule has 2 rings (SSSR count). The molecule has 0 fully saturated rings. The summed E-state index contributed by atoms with van der Waals surface area (Å²) < 4.78 is 15.2. The Morgan fingerprint density at radius 2 is 1.26 bits per heavy atom. The van der Waals surface area contributed by atoms with E-state index in [-0.39, 0.29) is 13.2 Å². The lowest BCUT2D eigenvalue weighted by molar-refractivity contribution is 0.175. The highest BCUT2D eigenvalue weighted by Crippen LogP contribution is 2.26. The van der Waals surface area contributed by atoms with Crippen molar-refractivity contribution in [2.75, 3.05) is 23.8 Å². The maximum Gasteiger partial charge on any atom is 0.412 e. The number of carbonyl (C=O) groups excluding carboxylic acids is 2. The molecule has 0 heterocycles. The van der Waals surface area contributed by atoms with Crippen molar-refractivity contribution in [2.24, 2.45) is 0 Å². The number of terminal acetylenes is 2. The first-order valence-electron chi connectivity index (χ1n) is 7.73. The molecule has 0 unspecified atom stereocenters. The molecule has 2 aromatic carbocycles. The zero-order chi connectivity index (χ0) is 19.5. The fourth-order valence-corrected chi connectivity index (χ4v) is 1.93. The van der Waals surface area contributed by atoms with Crippen LogP contribution in [0.2, 0.25) is 0 Å². The molecule has 0 saturated heterocycles. The molecule has 7 heteroatoms. The van der Waals surface area contributed by atoms with Gasteiger partial charge in [-0.15, -0.1) is 12.8 Å². The maximum atomic E-state index is 11.5. The van der Waals surface area contributed by atoms with Gasteiger partial charge < -0.3 is 14.2 Å². The van der Waals surface area contributed by atoms with E-state index in [4.69, 9.17) is 27.1 Å². The third-order valence-corrected chi connectivity index (χ3v) is 2.97. The normalized spacial score (nSPS) is 9.26. The predicted octanol–water partition coefficient (Wildman–Crippen LogP) is 3.84. The van der Waals surface area contributed by atoms with Gasteiger partial charge in [-0.1, -0.05) is 24.0 Å². The number of benzene rings is 2. The van der Waals surface area contributed by atoms with Gasteiger partial charge in [0.2, 0.25) is 0 Å². The van der Waals surface area contributed by atoms with Crippen LogP contribution >= 0.6 is 0 Å². The second-order valence-corrected chi connectivity index (χ2v) is 4.97. The van der Waals surface area contributed by atoms with Crippen LogP contribution in [0.1, 0.15) is 0 Å². The molecule has 2 aromatic rings. The summed E-state index contributed by atoms with van der Waals surface area (Å²) in [7, 11) is 0. The number of rotatable bonds is 6. The summed E-state index contributed by atoms with van der Waals surface area (Å²) in [6.07, 6.45) is 8.73. The standard InChI is InChI=1S/C20H16N2O5/c1-3-11-25-19(23)21-15-7-5-9-17(13-15)27-18-10-6-8-16(14-18)22-20(24)26-12-4-2/h1-2,5-10,13-14H,11-12H2,(H,21,23)(H,22,24). The second kappa shape index (κ2) is 10.0. The Kier molecular flexibility index (Phi) is 7.13. The lowest BCUT2D eigenvalue weighted by Gasteiger charge is -2.10. The van der Waals surface area contributed by atoms with Crippen molar-refractivity contribution in [3.05, 3.63) is 48.5 Å². The SMILES string of the molecule is C#CCOC(=O)Nc1cccc(Oc2cccc(NC(=O)OCC#C)c2)c1. The first-order valence-corrected chi connectivity index (χ1v) is 7.73. The number of nitrogens with one attached hydrogen (secondary N) is 2. The lowest BCUT2D eigenvalue weighted by atomic mass is 10.3. The summed E-state index contributed by atoms with van der Waals surface area (Å²) in [5.74, 6) is 5.34. The fourth-order valence-electron chi connectivity index (χ4n) is 1.93. The molecule has 0 aliphatic heterocycles. The molecular weight excluding hydrogens is 348 g/mol. The van der Waals surface area contributed by atoms with E-state index in [0.29, 0.717) is 22.9 Å². The van der Waals surface area contributed by atoms with Gasteiger partial charge in [-0.2, -0.15) is 0 Å². The number of ether oxygens (including phenoxy) is 3. The topological polar surface area (TPSA) is 85.9 Å². The molecule has 0 bridgehead atoms. The summed E-state index contributed by atoms with van der Waals surface area (Å²) in [5, 5.41) is 5.07. The van der Waals surface area contributed by atoms with Gasteiger partial charge in [-0.3, -0.25) is 10.6 Å². The van der Waals surface area contributed by atoms with Crippen molar-refractivity contribution in [1.82, 2.24) is 0 Å². The van der Waals surface area contributed by atoms with E-state index in [1.54, 1.807) is 48.5 Å². The Hall–Kier alpha value is -4.10. The fraction of sp³-hybridized carbons (Fsp3) is 0.100. The van der Waals surface area contributed by atoms with E-state index in [0.717, 1.165) is 0 Å². The van der Waals surface area contributed by atoms with Gasteiger partial charge in [0, 0.05) is 23.5 Å². The number of hydrogen-bond donors (Lipinski definition) is 2. The molecule has 27 heavy (non-hydrogen) atoms. The zero-order valence-corrected chi connectivity index (χ0v) is 14.2. The van der Waals surface area contributed by atoms with Gasteiger partial charge in [-0.25, -0.2) is 9.59 Å². The molecule has 7 nitrogen and oxygen atoms in total. The summed E-state index contributed by atoms with van der Waals surface area (Å²) >= 11 is 0. The first kappa shape index (κ1) is 19.2. The van der Waals surface area contributed by atoms with Crippen molar-refractivity contribution in [2.45, 2.75) is 0 Å². The van der Waals surface area contributed by atoms with E-state index >= 15 is 0 Å².